The summed E-state index contributed by atoms with van der Waals surface area (Å²) in [6, 6.07) is 3.27. The molecule has 102 valence electrons. The molecule has 5 heteroatoms. The first-order chi connectivity index (χ1) is 9.19. The van der Waals surface area contributed by atoms with Crippen molar-refractivity contribution in [2.45, 2.75) is 51.7 Å². The standard InChI is InChI=1S/C14H18ClN3S/c1-3-10-5-4-9(2)18(10)8-12-16-13(15)11-6-7-19-14(11)17-12/h6-7,9-10H,3-5,8H2,1-2H3. The molecule has 0 bridgehead atoms. The van der Waals surface area contributed by atoms with E-state index in [0.29, 0.717) is 17.2 Å². The summed E-state index contributed by atoms with van der Waals surface area (Å²) in [6.45, 7) is 5.36. The molecular formula is C14H18ClN3S. The molecule has 3 nitrogen and oxygen atoms in total. The van der Waals surface area contributed by atoms with Gasteiger partial charge in [-0.1, -0.05) is 18.5 Å². The fraction of sp³-hybridized carbons (Fsp3) is 0.571. The topological polar surface area (TPSA) is 29.0 Å². The summed E-state index contributed by atoms with van der Waals surface area (Å²) in [4.78, 5) is 12.6. The fourth-order valence-electron chi connectivity index (χ4n) is 2.94. The maximum absolute atomic E-state index is 6.23. The number of hydrogen-bond donors (Lipinski definition) is 0. The third kappa shape index (κ3) is 2.49. The van der Waals surface area contributed by atoms with Gasteiger partial charge in [0.05, 0.1) is 6.54 Å². The second-order valence-electron chi connectivity index (χ2n) is 5.23. The largest absolute Gasteiger partial charge is 0.290 e. The van der Waals surface area contributed by atoms with Gasteiger partial charge in [-0.25, -0.2) is 9.97 Å². The van der Waals surface area contributed by atoms with Crippen LogP contribution in [0.1, 0.15) is 38.9 Å². The fourth-order valence-corrected chi connectivity index (χ4v) is 4.03. The van der Waals surface area contributed by atoms with Crippen molar-refractivity contribution in [1.29, 1.82) is 0 Å². The molecule has 0 amide bonds. The maximum Gasteiger partial charge on any atom is 0.145 e. The van der Waals surface area contributed by atoms with Crippen LogP contribution in [0.15, 0.2) is 11.4 Å². The molecule has 0 saturated carbocycles. The summed E-state index contributed by atoms with van der Waals surface area (Å²) < 4.78 is 0. The first-order valence-electron chi connectivity index (χ1n) is 6.84. The van der Waals surface area contributed by atoms with Crippen molar-refractivity contribution in [3.8, 4) is 0 Å². The number of nitrogens with zero attached hydrogens (tertiary/aromatic N) is 3. The maximum atomic E-state index is 6.23. The third-order valence-corrected chi connectivity index (χ3v) is 5.17. The Labute approximate surface area is 122 Å². The number of aromatic nitrogens is 2. The number of thiophene rings is 1. The molecule has 1 saturated heterocycles. The molecule has 2 unspecified atom stereocenters. The van der Waals surface area contributed by atoms with Gasteiger partial charge in [-0.15, -0.1) is 11.3 Å². The summed E-state index contributed by atoms with van der Waals surface area (Å²) in [7, 11) is 0. The van der Waals surface area contributed by atoms with Crippen molar-refractivity contribution < 1.29 is 0 Å². The zero-order chi connectivity index (χ0) is 13.4. The van der Waals surface area contributed by atoms with Gasteiger partial charge in [-0.05, 0) is 37.6 Å². The van der Waals surface area contributed by atoms with Crippen molar-refractivity contribution >= 4 is 33.2 Å². The van der Waals surface area contributed by atoms with Crippen LogP contribution in [0, 0.1) is 0 Å². The lowest BCUT2D eigenvalue weighted by molar-refractivity contribution is 0.185. The first kappa shape index (κ1) is 13.3. The Kier molecular flexibility index (Phi) is 3.74. The smallest absolute Gasteiger partial charge is 0.145 e. The van der Waals surface area contributed by atoms with Gasteiger partial charge in [0.2, 0.25) is 0 Å². The van der Waals surface area contributed by atoms with E-state index in [1.165, 1.54) is 19.3 Å². The summed E-state index contributed by atoms with van der Waals surface area (Å²) in [5.74, 6) is 0.854. The van der Waals surface area contributed by atoms with Crippen LogP contribution in [0.3, 0.4) is 0 Å². The summed E-state index contributed by atoms with van der Waals surface area (Å²) >= 11 is 7.86. The van der Waals surface area contributed by atoms with E-state index in [2.05, 4.69) is 28.7 Å². The van der Waals surface area contributed by atoms with Crippen LogP contribution in [0.4, 0.5) is 0 Å². The van der Waals surface area contributed by atoms with Crippen molar-refractivity contribution in [2.24, 2.45) is 0 Å². The summed E-state index contributed by atoms with van der Waals surface area (Å²) in [5, 5.41) is 3.57. The van der Waals surface area contributed by atoms with Crippen LogP contribution < -0.4 is 0 Å². The number of hydrogen-bond acceptors (Lipinski definition) is 4. The molecule has 0 radical (unpaired) electrons. The summed E-state index contributed by atoms with van der Waals surface area (Å²) in [5.41, 5.74) is 0. The zero-order valence-electron chi connectivity index (χ0n) is 11.3. The SMILES string of the molecule is CCC1CCC(C)N1Cc1nc(Cl)c2ccsc2n1. The molecule has 2 aromatic heterocycles. The van der Waals surface area contributed by atoms with Gasteiger partial charge in [0.1, 0.15) is 15.8 Å². The number of likely N-dealkylation sites (tertiary alicyclic amines) is 1. The highest BCUT2D eigenvalue weighted by molar-refractivity contribution is 7.16. The molecule has 1 aliphatic rings. The van der Waals surface area contributed by atoms with Crippen LogP contribution in [-0.2, 0) is 6.54 Å². The van der Waals surface area contributed by atoms with Crippen LogP contribution in [0.2, 0.25) is 5.15 Å². The molecule has 3 rings (SSSR count). The molecule has 0 aliphatic carbocycles. The predicted octanol–water partition coefficient (Wildman–Crippen LogP) is 4.11. The Morgan fingerprint density at radius 2 is 2.26 bits per heavy atom. The van der Waals surface area contributed by atoms with Crippen molar-refractivity contribution in [3.63, 3.8) is 0 Å². The van der Waals surface area contributed by atoms with E-state index in [1.54, 1.807) is 11.3 Å². The zero-order valence-corrected chi connectivity index (χ0v) is 12.8. The molecule has 1 aliphatic heterocycles. The van der Waals surface area contributed by atoms with E-state index < -0.39 is 0 Å². The van der Waals surface area contributed by atoms with Crippen LogP contribution in [-0.4, -0.2) is 27.0 Å². The van der Waals surface area contributed by atoms with Crippen molar-refractivity contribution in [1.82, 2.24) is 14.9 Å². The monoisotopic (exact) mass is 295 g/mol. The molecule has 0 spiro atoms. The number of rotatable bonds is 3. The van der Waals surface area contributed by atoms with Crippen molar-refractivity contribution in [3.05, 3.63) is 22.4 Å². The lowest BCUT2D eigenvalue weighted by Crippen LogP contribution is -2.34. The van der Waals surface area contributed by atoms with Crippen LogP contribution >= 0.6 is 22.9 Å². The average molecular weight is 296 g/mol. The number of halogens is 1. The van der Waals surface area contributed by atoms with Crippen LogP contribution in [0.25, 0.3) is 10.2 Å². The molecular weight excluding hydrogens is 278 g/mol. The average Bonchev–Trinajstić information content (AvgIpc) is 2.98. The lowest BCUT2D eigenvalue weighted by atomic mass is 10.1. The molecule has 3 heterocycles. The van der Waals surface area contributed by atoms with Gasteiger partial charge in [-0.3, -0.25) is 4.90 Å². The number of fused-ring (bicyclic) bond motifs is 1. The predicted molar refractivity (Wildman–Crippen MR) is 80.7 cm³/mol. The molecule has 19 heavy (non-hydrogen) atoms. The van der Waals surface area contributed by atoms with Crippen LogP contribution in [0.5, 0.6) is 0 Å². The first-order valence-corrected chi connectivity index (χ1v) is 8.10. The quantitative estimate of drug-likeness (QED) is 0.798. The van der Waals surface area contributed by atoms with Gasteiger partial charge < -0.3 is 0 Å². The van der Waals surface area contributed by atoms with Gasteiger partial charge in [0.15, 0.2) is 0 Å². The Hall–Kier alpha value is -0.710. The van der Waals surface area contributed by atoms with E-state index in [9.17, 15) is 0 Å². The van der Waals surface area contributed by atoms with Gasteiger partial charge in [0, 0.05) is 17.5 Å². The second-order valence-corrected chi connectivity index (χ2v) is 6.48. The highest BCUT2D eigenvalue weighted by Crippen LogP contribution is 2.29. The molecule has 2 atom stereocenters. The minimum Gasteiger partial charge on any atom is -0.290 e. The van der Waals surface area contributed by atoms with E-state index in [-0.39, 0.29) is 0 Å². The van der Waals surface area contributed by atoms with Gasteiger partial charge >= 0.3 is 0 Å². The second kappa shape index (κ2) is 5.35. The molecule has 1 fully saturated rings. The summed E-state index contributed by atoms with van der Waals surface area (Å²) in [6.07, 6.45) is 3.75. The van der Waals surface area contributed by atoms with Gasteiger partial charge in [-0.2, -0.15) is 0 Å². The minimum atomic E-state index is 0.584. The normalized spacial score (nSPS) is 24.4. The highest BCUT2D eigenvalue weighted by Gasteiger charge is 2.29. The minimum absolute atomic E-state index is 0.584. The van der Waals surface area contributed by atoms with Gasteiger partial charge in [0.25, 0.3) is 0 Å². The van der Waals surface area contributed by atoms with E-state index in [4.69, 9.17) is 11.6 Å². The third-order valence-electron chi connectivity index (χ3n) is 4.07. The van der Waals surface area contributed by atoms with Crippen molar-refractivity contribution in [2.75, 3.05) is 0 Å². The molecule has 2 aromatic rings. The van der Waals surface area contributed by atoms with E-state index >= 15 is 0 Å². The molecule has 0 N–H and O–H groups in total. The van der Waals surface area contributed by atoms with E-state index in [0.717, 1.165) is 22.6 Å². The molecule has 0 aromatic carbocycles. The Morgan fingerprint density at radius 3 is 3.05 bits per heavy atom. The Morgan fingerprint density at radius 1 is 1.42 bits per heavy atom. The highest BCUT2D eigenvalue weighted by atomic mass is 35.5. The van der Waals surface area contributed by atoms with E-state index in [1.807, 2.05) is 11.4 Å². The lowest BCUT2D eigenvalue weighted by Gasteiger charge is -2.26. The Balaban J connectivity index is 1.88. The Bertz CT molecular complexity index is 583.